The summed E-state index contributed by atoms with van der Waals surface area (Å²) in [5.41, 5.74) is 3.47. The second-order valence-corrected chi connectivity index (χ2v) is 8.70. The molecular weight excluding hydrogens is 436 g/mol. The SMILES string of the molecule is O=C(CCN1CCN(C(c2ccccc2)c2ccccc2)CC1)c1ccc(Br)cc1. The highest BCUT2D eigenvalue weighted by molar-refractivity contribution is 9.10. The van der Waals surface area contributed by atoms with Gasteiger partial charge in [-0.2, -0.15) is 0 Å². The van der Waals surface area contributed by atoms with Gasteiger partial charge < -0.3 is 4.90 Å². The predicted molar refractivity (Wildman–Crippen MR) is 126 cm³/mol. The normalized spacial score (nSPS) is 15.4. The zero-order valence-corrected chi connectivity index (χ0v) is 18.7. The van der Waals surface area contributed by atoms with Crippen LogP contribution in [-0.2, 0) is 0 Å². The lowest BCUT2D eigenvalue weighted by atomic mass is 9.96. The van der Waals surface area contributed by atoms with Gasteiger partial charge in [-0.3, -0.25) is 9.69 Å². The molecule has 0 aliphatic carbocycles. The van der Waals surface area contributed by atoms with Gasteiger partial charge in [-0.25, -0.2) is 0 Å². The van der Waals surface area contributed by atoms with Gasteiger partial charge in [0.15, 0.2) is 5.78 Å². The molecule has 0 saturated carbocycles. The van der Waals surface area contributed by atoms with Crippen LogP contribution in [0.2, 0.25) is 0 Å². The fourth-order valence-electron chi connectivity index (χ4n) is 4.17. The number of hydrogen-bond acceptors (Lipinski definition) is 3. The van der Waals surface area contributed by atoms with Gasteiger partial charge in [0.05, 0.1) is 6.04 Å². The Morgan fingerprint density at radius 2 is 1.30 bits per heavy atom. The van der Waals surface area contributed by atoms with E-state index in [1.54, 1.807) is 0 Å². The summed E-state index contributed by atoms with van der Waals surface area (Å²) >= 11 is 3.42. The van der Waals surface area contributed by atoms with Crippen molar-refractivity contribution in [3.05, 3.63) is 106 Å². The Morgan fingerprint density at radius 3 is 1.83 bits per heavy atom. The Balaban J connectivity index is 1.36. The van der Waals surface area contributed by atoms with Crippen molar-refractivity contribution in [3.63, 3.8) is 0 Å². The van der Waals surface area contributed by atoms with Gasteiger partial charge in [0.25, 0.3) is 0 Å². The number of nitrogens with zero attached hydrogens (tertiary/aromatic N) is 2. The molecule has 0 spiro atoms. The number of benzene rings is 3. The monoisotopic (exact) mass is 462 g/mol. The van der Waals surface area contributed by atoms with E-state index in [-0.39, 0.29) is 11.8 Å². The number of ketones is 1. The predicted octanol–water partition coefficient (Wildman–Crippen LogP) is 5.43. The quantitative estimate of drug-likeness (QED) is 0.437. The Bertz CT molecular complexity index is 896. The average Bonchev–Trinajstić information content (AvgIpc) is 2.80. The molecule has 0 aromatic heterocycles. The molecule has 0 atom stereocenters. The van der Waals surface area contributed by atoms with Gasteiger partial charge in [-0.1, -0.05) is 88.7 Å². The summed E-state index contributed by atoms with van der Waals surface area (Å²) in [6.07, 6.45) is 0.572. The second-order valence-electron chi connectivity index (χ2n) is 7.78. The maximum atomic E-state index is 12.5. The summed E-state index contributed by atoms with van der Waals surface area (Å²) in [5, 5.41) is 0. The third-order valence-electron chi connectivity index (χ3n) is 5.82. The standard InChI is InChI=1S/C26H27BrN2O/c27-24-13-11-21(12-14-24)25(30)15-16-28-17-19-29(20-18-28)26(22-7-3-1-4-8-22)23-9-5-2-6-10-23/h1-14,26H,15-20H2. The van der Waals surface area contributed by atoms with Crippen molar-refractivity contribution in [2.75, 3.05) is 32.7 Å². The average molecular weight is 463 g/mol. The zero-order valence-electron chi connectivity index (χ0n) is 17.1. The minimum Gasteiger partial charge on any atom is -0.300 e. The summed E-state index contributed by atoms with van der Waals surface area (Å²) in [7, 11) is 0. The van der Waals surface area contributed by atoms with Crippen molar-refractivity contribution in [3.8, 4) is 0 Å². The smallest absolute Gasteiger partial charge is 0.164 e. The van der Waals surface area contributed by atoms with E-state index >= 15 is 0 Å². The summed E-state index contributed by atoms with van der Waals surface area (Å²) in [6.45, 7) is 4.81. The molecule has 0 N–H and O–H groups in total. The largest absolute Gasteiger partial charge is 0.300 e. The number of halogens is 1. The van der Waals surface area contributed by atoms with E-state index in [0.29, 0.717) is 6.42 Å². The lowest BCUT2D eigenvalue weighted by Gasteiger charge is -2.39. The first-order chi connectivity index (χ1) is 14.7. The van der Waals surface area contributed by atoms with Crippen LogP contribution in [0.5, 0.6) is 0 Å². The van der Waals surface area contributed by atoms with Gasteiger partial charge in [0.2, 0.25) is 0 Å². The molecule has 0 bridgehead atoms. The van der Waals surface area contributed by atoms with Gasteiger partial charge in [-0.15, -0.1) is 0 Å². The molecule has 0 radical (unpaired) electrons. The molecule has 1 saturated heterocycles. The highest BCUT2D eigenvalue weighted by Crippen LogP contribution is 2.29. The van der Waals surface area contributed by atoms with E-state index in [2.05, 4.69) is 86.4 Å². The van der Waals surface area contributed by atoms with Gasteiger partial charge in [0.1, 0.15) is 0 Å². The lowest BCUT2D eigenvalue weighted by Crippen LogP contribution is -2.48. The van der Waals surface area contributed by atoms with Crippen LogP contribution >= 0.6 is 15.9 Å². The van der Waals surface area contributed by atoms with Crippen LogP contribution in [0.25, 0.3) is 0 Å². The number of rotatable bonds is 7. The van der Waals surface area contributed by atoms with Crippen molar-refractivity contribution < 1.29 is 4.79 Å². The third-order valence-corrected chi connectivity index (χ3v) is 6.35. The molecule has 1 aliphatic heterocycles. The molecule has 154 valence electrons. The minimum atomic E-state index is 0.219. The molecule has 1 aliphatic rings. The summed E-state index contributed by atoms with van der Waals surface area (Å²) < 4.78 is 1.00. The summed E-state index contributed by atoms with van der Waals surface area (Å²) in [6, 6.07) is 29.5. The van der Waals surface area contributed by atoms with Gasteiger partial charge in [0, 0.05) is 49.2 Å². The molecule has 4 rings (SSSR count). The fraction of sp³-hybridized carbons (Fsp3) is 0.269. The molecular formula is C26H27BrN2O. The molecule has 3 aromatic carbocycles. The van der Waals surface area contributed by atoms with Crippen LogP contribution in [-0.4, -0.2) is 48.3 Å². The Kier molecular flexibility index (Phi) is 7.11. The van der Waals surface area contributed by atoms with Crippen LogP contribution in [0.3, 0.4) is 0 Å². The van der Waals surface area contributed by atoms with E-state index in [9.17, 15) is 4.79 Å². The van der Waals surface area contributed by atoms with Crippen molar-refractivity contribution in [2.24, 2.45) is 0 Å². The van der Waals surface area contributed by atoms with E-state index < -0.39 is 0 Å². The van der Waals surface area contributed by atoms with Crippen molar-refractivity contribution in [1.29, 1.82) is 0 Å². The van der Waals surface area contributed by atoms with Crippen molar-refractivity contribution >= 4 is 21.7 Å². The number of hydrogen-bond donors (Lipinski definition) is 0. The van der Waals surface area contributed by atoms with E-state index in [1.807, 2.05) is 24.3 Å². The zero-order chi connectivity index (χ0) is 20.8. The van der Waals surface area contributed by atoms with Crippen molar-refractivity contribution in [2.45, 2.75) is 12.5 Å². The number of Topliss-reactive ketones (excluding diaryl/α,β-unsaturated/α-hetero) is 1. The highest BCUT2D eigenvalue weighted by Gasteiger charge is 2.26. The maximum Gasteiger partial charge on any atom is 0.164 e. The van der Waals surface area contributed by atoms with E-state index in [0.717, 1.165) is 42.8 Å². The minimum absolute atomic E-state index is 0.219. The molecule has 30 heavy (non-hydrogen) atoms. The van der Waals surface area contributed by atoms with Crippen LogP contribution in [0.1, 0.15) is 33.9 Å². The number of carbonyl (C=O) groups excluding carboxylic acids is 1. The maximum absolute atomic E-state index is 12.5. The summed E-state index contributed by atoms with van der Waals surface area (Å²) in [5.74, 6) is 0.219. The molecule has 1 fully saturated rings. The molecule has 0 amide bonds. The fourth-order valence-corrected chi connectivity index (χ4v) is 4.43. The number of piperazine rings is 1. The molecule has 4 heteroatoms. The first-order valence-corrected chi connectivity index (χ1v) is 11.3. The molecule has 1 heterocycles. The topological polar surface area (TPSA) is 23.6 Å². The lowest BCUT2D eigenvalue weighted by molar-refractivity contribution is 0.0893. The molecule has 3 aromatic rings. The van der Waals surface area contributed by atoms with Gasteiger partial charge in [-0.05, 0) is 23.3 Å². The summed E-state index contributed by atoms with van der Waals surface area (Å²) in [4.78, 5) is 17.5. The molecule has 3 nitrogen and oxygen atoms in total. The Labute approximate surface area is 187 Å². The van der Waals surface area contributed by atoms with Crippen molar-refractivity contribution in [1.82, 2.24) is 9.80 Å². The van der Waals surface area contributed by atoms with Crippen LogP contribution in [0.15, 0.2) is 89.4 Å². The van der Waals surface area contributed by atoms with Crippen LogP contribution in [0.4, 0.5) is 0 Å². The highest BCUT2D eigenvalue weighted by atomic mass is 79.9. The number of carbonyl (C=O) groups is 1. The van der Waals surface area contributed by atoms with Crippen LogP contribution < -0.4 is 0 Å². The third kappa shape index (κ3) is 5.25. The Morgan fingerprint density at radius 1 is 0.767 bits per heavy atom. The first-order valence-electron chi connectivity index (χ1n) is 10.6. The van der Waals surface area contributed by atoms with E-state index in [4.69, 9.17) is 0 Å². The second kappa shape index (κ2) is 10.2. The molecule has 0 unspecified atom stereocenters. The first kappa shape index (κ1) is 21.0. The van der Waals surface area contributed by atoms with Crippen LogP contribution in [0, 0.1) is 0 Å². The Hall–Kier alpha value is -2.27. The van der Waals surface area contributed by atoms with E-state index in [1.165, 1.54) is 11.1 Å². The van der Waals surface area contributed by atoms with Gasteiger partial charge >= 0.3 is 0 Å².